The highest BCUT2D eigenvalue weighted by Gasteiger charge is 2.39. The maximum Gasteiger partial charge on any atom is 0.519 e. The van der Waals surface area contributed by atoms with Gasteiger partial charge in [-0.1, -0.05) is 64.2 Å². The number of carbonyl (C=O) groups excluding carboxylic acids is 1. The Kier molecular flexibility index (Phi) is 8.45. The van der Waals surface area contributed by atoms with E-state index in [0.29, 0.717) is 46.3 Å². The summed E-state index contributed by atoms with van der Waals surface area (Å²) in [5, 5.41) is 23.4. The number of hydrogen-bond acceptors (Lipinski definition) is 7. The molecule has 0 amide bonds. The number of ether oxygens (including phenoxy) is 2. The molecule has 4 aliphatic carbocycles. The van der Waals surface area contributed by atoms with E-state index in [4.69, 9.17) is 9.47 Å². The molecule has 4 aliphatic rings. The molecule has 0 spiro atoms. The lowest BCUT2D eigenvalue weighted by molar-refractivity contribution is -0.385. The Morgan fingerprint density at radius 2 is 1.00 bits per heavy atom. The highest BCUT2D eigenvalue weighted by atomic mass is 16.7. The minimum absolute atomic E-state index is 0.0133. The van der Waals surface area contributed by atoms with Crippen LogP contribution in [0.15, 0.2) is 36.4 Å². The molecule has 224 valence electrons. The van der Waals surface area contributed by atoms with Crippen LogP contribution in [0, 0.1) is 43.9 Å². The normalized spacial score (nSPS) is 29.0. The van der Waals surface area contributed by atoms with Crippen molar-refractivity contribution in [1.82, 2.24) is 0 Å². The summed E-state index contributed by atoms with van der Waals surface area (Å²) < 4.78 is 11.7. The molecule has 6 unspecified atom stereocenters. The van der Waals surface area contributed by atoms with Gasteiger partial charge in [0.15, 0.2) is 0 Å². The summed E-state index contributed by atoms with van der Waals surface area (Å²) in [5.41, 5.74) is 1.39. The molecular weight excluding hydrogens is 536 g/mol. The summed E-state index contributed by atoms with van der Waals surface area (Å²) in [5.74, 6) is 2.81. The van der Waals surface area contributed by atoms with Crippen LogP contribution in [0.2, 0.25) is 0 Å². The number of nitro groups is 2. The lowest BCUT2D eigenvalue weighted by Gasteiger charge is -2.42. The minimum Gasteiger partial charge on any atom is -0.394 e. The molecule has 9 nitrogen and oxygen atoms in total. The van der Waals surface area contributed by atoms with Gasteiger partial charge in [-0.2, -0.15) is 0 Å². The quantitative estimate of drug-likeness (QED) is 0.145. The molecule has 0 saturated heterocycles. The number of benzene rings is 2. The fraction of sp³-hybridized carbons (Fsp3) is 0.606. The predicted molar refractivity (Wildman–Crippen MR) is 157 cm³/mol. The van der Waals surface area contributed by atoms with Gasteiger partial charge in [0.1, 0.15) is 11.5 Å². The Hall–Kier alpha value is -3.49. The third kappa shape index (κ3) is 5.88. The van der Waals surface area contributed by atoms with Crippen LogP contribution in [-0.4, -0.2) is 16.0 Å². The summed E-state index contributed by atoms with van der Waals surface area (Å²) in [6.07, 6.45) is 14.6. The van der Waals surface area contributed by atoms with Crippen molar-refractivity contribution in [2.24, 2.45) is 23.7 Å². The molecule has 6 rings (SSSR count). The standard InChI is InChI=1S/C33H40N2O7/c36-33(41-31-17-15-23(34(37)38)19-29(31)27-13-5-9-21-7-1-3-11-25(21)27)42-32-18-16-24(35(39)40)20-30(32)28-14-6-10-22-8-2-4-12-26(22)28/h15-22,25-28H,1-14H2. The fourth-order valence-electron chi connectivity index (χ4n) is 8.91. The second-order valence-electron chi connectivity index (χ2n) is 12.9. The SMILES string of the molecule is O=C(Oc1ccc([N+](=O)[O-])cc1C1CCCC2CCCCC21)Oc1ccc([N+](=O)[O-])cc1C1CCCC2CCCCC21. The topological polar surface area (TPSA) is 122 Å². The Balaban J connectivity index is 1.28. The van der Waals surface area contributed by atoms with Crippen LogP contribution in [0.5, 0.6) is 11.5 Å². The number of fused-ring (bicyclic) bond motifs is 2. The third-order valence-electron chi connectivity index (χ3n) is 10.7. The van der Waals surface area contributed by atoms with Crippen molar-refractivity contribution in [2.75, 3.05) is 0 Å². The largest absolute Gasteiger partial charge is 0.519 e. The minimum atomic E-state index is -0.924. The second-order valence-corrected chi connectivity index (χ2v) is 12.9. The van der Waals surface area contributed by atoms with E-state index in [1.807, 2.05) is 0 Å². The summed E-state index contributed by atoms with van der Waals surface area (Å²) in [4.78, 5) is 35.9. The molecule has 42 heavy (non-hydrogen) atoms. The number of rotatable bonds is 6. The lowest BCUT2D eigenvalue weighted by atomic mass is 9.63. The average Bonchev–Trinajstić information content (AvgIpc) is 3.00. The van der Waals surface area contributed by atoms with Crippen molar-refractivity contribution in [2.45, 2.75) is 102 Å². The van der Waals surface area contributed by atoms with Gasteiger partial charge >= 0.3 is 6.16 Å². The van der Waals surface area contributed by atoms with Crippen molar-refractivity contribution in [1.29, 1.82) is 0 Å². The maximum absolute atomic E-state index is 13.3. The molecule has 6 atom stereocenters. The highest BCUT2D eigenvalue weighted by molar-refractivity contribution is 5.69. The molecule has 2 aromatic rings. The van der Waals surface area contributed by atoms with Gasteiger partial charge in [0, 0.05) is 35.4 Å². The molecule has 0 bridgehead atoms. The van der Waals surface area contributed by atoms with Gasteiger partial charge in [0.05, 0.1) is 9.85 Å². The number of non-ortho nitro benzene ring substituents is 2. The van der Waals surface area contributed by atoms with E-state index in [9.17, 15) is 25.0 Å². The fourth-order valence-corrected chi connectivity index (χ4v) is 8.91. The van der Waals surface area contributed by atoms with Gasteiger partial charge in [-0.05, 0) is 73.3 Å². The second kappa shape index (κ2) is 12.4. The summed E-state index contributed by atoms with van der Waals surface area (Å²) in [6, 6.07) is 8.93. The molecule has 9 heteroatoms. The zero-order valence-electron chi connectivity index (χ0n) is 24.1. The van der Waals surface area contributed by atoms with E-state index in [1.54, 1.807) is 12.1 Å². The Morgan fingerprint density at radius 1 is 0.595 bits per heavy atom. The molecule has 0 heterocycles. The van der Waals surface area contributed by atoms with Crippen molar-refractivity contribution in [3.05, 3.63) is 67.8 Å². The first-order valence-electron chi connectivity index (χ1n) is 15.9. The van der Waals surface area contributed by atoms with Crippen molar-refractivity contribution >= 4 is 17.5 Å². The molecule has 0 aromatic heterocycles. The van der Waals surface area contributed by atoms with Gasteiger partial charge in [-0.3, -0.25) is 20.2 Å². The van der Waals surface area contributed by atoms with E-state index >= 15 is 0 Å². The summed E-state index contributed by atoms with van der Waals surface area (Å²) in [7, 11) is 0. The number of carbonyl (C=O) groups is 1. The van der Waals surface area contributed by atoms with Crippen molar-refractivity contribution in [3.8, 4) is 11.5 Å². The molecule has 4 saturated carbocycles. The molecule has 0 aliphatic heterocycles. The number of hydrogen-bond donors (Lipinski definition) is 0. The first kappa shape index (κ1) is 28.6. The summed E-state index contributed by atoms with van der Waals surface area (Å²) in [6.45, 7) is 0. The van der Waals surface area contributed by atoms with Gasteiger partial charge in [-0.15, -0.1) is 0 Å². The van der Waals surface area contributed by atoms with Gasteiger partial charge in [0.2, 0.25) is 0 Å². The first-order chi connectivity index (χ1) is 20.4. The monoisotopic (exact) mass is 576 g/mol. The molecule has 0 N–H and O–H groups in total. The highest BCUT2D eigenvalue weighted by Crippen LogP contribution is 2.52. The van der Waals surface area contributed by atoms with E-state index in [2.05, 4.69) is 0 Å². The van der Waals surface area contributed by atoms with E-state index in [1.165, 1.54) is 62.8 Å². The van der Waals surface area contributed by atoms with Crippen LogP contribution in [0.25, 0.3) is 0 Å². The first-order valence-corrected chi connectivity index (χ1v) is 15.9. The summed E-state index contributed by atoms with van der Waals surface area (Å²) >= 11 is 0. The van der Waals surface area contributed by atoms with Crippen LogP contribution in [0.4, 0.5) is 16.2 Å². The zero-order chi connectivity index (χ0) is 29.2. The van der Waals surface area contributed by atoms with Crippen LogP contribution < -0.4 is 9.47 Å². The third-order valence-corrected chi connectivity index (χ3v) is 10.7. The molecular formula is C33H40N2O7. The number of nitrogens with zero attached hydrogens (tertiary/aromatic N) is 2. The average molecular weight is 577 g/mol. The Bertz CT molecular complexity index is 1240. The van der Waals surface area contributed by atoms with E-state index in [-0.39, 0.29) is 23.2 Å². The van der Waals surface area contributed by atoms with Crippen LogP contribution in [0.3, 0.4) is 0 Å². The Labute approximate surface area is 246 Å². The van der Waals surface area contributed by atoms with E-state index in [0.717, 1.165) is 51.4 Å². The van der Waals surface area contributed by atoms with Gasteiger partial charge in [-0.25, -0.2) is 4.79 Å². The van der Waals surface area contributed by atoms with Crippen LogP contribution >= 0.6 is 0 Å². The molecule has 2 aromatic carbocycles. The predicted octanol–water partition coefficient (Wildman–Crippen LogP) is 9.23. The van der Waals surface area contributed by atoms with Crippen LogP contribution in [0.1, 0.15) is 113 Å². The van der Waals surface area contributed by atoms with Crippen molar-refractivity contribution in [3.63, 3.8) is 0 Å². The smallest absolute Gasteiger partial charge is 0.394 e. The Morgan fingerprint density at radius 3 is 1.43 bits per heavy atom. The maximum atomic E-state index is 13.3. The van der Waals surface area contributed by atoms with Crippen molar-refractivity contribution < 1.29 is 24.1 Å². The zero-order valence-corrected chi connectivity index (χ0v) is 24.1. The molecule has 0 radical (unpaired) electrons. The van der Waals surface area contributed by atoms with Crippen LogP contribution in [-0.2, 0) is 0 Å². The molecule has 4 fully saturated rings. The van der Waals surface area contributed by atoms with Gasteiger partial charge in [0.25, 0.3) is 11.4 Å². The van der Waals surface area contributed by atoms with E-state index < -0.39 is 16.0 Å². The lowest BCUT2D eigenvalue weighted by Crippen LogP contribution is -2.30. The van der Waals surface area contributed by atoms with Gasteiger partial charge < -0.3 is 9.47 Å². The number of nitro benzene ring substituents is 2.